The molecule has 1 amide bonds. The number of nitrogens with one attached hydrogen (secondary N) is 1. The van der Waals surface area contributed by atoms with E-state index >= 15 is 0 Å². The molecule has 49 heavy (non-hydrogen) atoms. The van der Waals surface area contributed by atoms with E-state index in [0.29, 0.717) is 29.5 Å². The Bertz CT molecular complexity index is 1790. The van der Waals surface area contributed by atoms with Crippen LogP contribution in [0.3, 0.4) is 0 Å². The number of rotatable bonds is 9. The molecule has 3 aromatic rings. The zero-order valence-electron chi connectivity index (χ0n) is 27.9. The summed E-state index contributed by atoms with van der Waals surface area (Å²) in [5.41, 5.74) is 0.243. The second kappa shape index (κ2) is 16.9. The van der Waals surface area contributed by atoms with E-state index in [4.69, 9.17) is 32.7 Å². The lowest BCUT2D eigenvalue weighted by Crippen LogP contribution is -2.48. The summed E-state index contributed by atoms with van der Waals surface area (Å²) in [6, 6.07) is 15.5. The van der Waals surface area contributed by atoms with Gasteiger partial charge >= 0.3 is 0 Å². The topological polar surface area (TPSA) is 143 Å². The number of fused-ring (bicyclic) bond motifs is 1. The number of hydrogen-bond donors (Lipinski definition) is 2. The molecule has 1 aliphatic rings. The quantitative estimate of drug-likeness (QED) is 0.275. The molecule has 0 saturated heterocycles. The number of aliphatic hydroxyl groups excluding tert-OH is 1. The molecule has 3 aromatic carbocycles. The van der Waals surface area contributed by atoms with Gasteiger partial charge in [0.25, 0.3) is 15.9 Å². The van der Waals surface area contributed by atoms with Gasteiger partial charge in [0.2, 0.25) is 10.0 Å². The zero-order chi connectivity index (χ0) is 35.9. The third kappa shape index (κ3) is 10.1. The summed E-state index contributed by atoms with van der Waals surface area (Å²) < 4.78 is 69.5. The third-order valence-electron chi connectivity index (χ3n) is 8.39. The van der Waals surface area contributed by atoms with Crippen LogP contribution >= 0.6 is 23.2 Å². The van der Waals surface area contributed by atoms with Crippen LogP contribution in [0.5, 0.6) is 5.75 Å². The van der Waals surface area contributed by atoms with Gasteiger partial charge in [-0.3, -0.25) is 9.52 Å². The average Bonchev–Trinajstić information content (AvgIpc) is 3.06. The number of carbonyl (C=O) groups excluding carboxylic acids is 1. The Labute approximate surface area is 299 Å². The number of aliphatic hydroxyl groups is 1. The molecule has 0 saturated carbocycles. The van der Waals surface area contributed by atoms with Crippen molar-refractivity contribution in [1.29, 1.82) is 0 Å². The van der Waals surface area contributed by atoms with E-state index in [9.17, 15) is 26.7 Å². The summed E-state index contributed by atoms with van der Waals surface area (Å²) in [5.74, 6) is -0.617. The van der Waals surface area contributed by atoms with E-state index in [2.05, 4.69) is 4.72 Å². The van der Waals surface area contributed by atoms with Crippen LogP contribution in [0.2, 0.25) is 10.0 Å². The zero-order valence-corrected chi connectivity index (χ0v) is 31.0. The number of likely N-dealkylation sites (N-methyl/N-ethyl adjacent to an activating group) is 1. The first-order valence-corrected chi connectivity index (χ1v) is 19.6. The smallest absolute Gasteiger partial charge is 0.261 e. The van der Waals surface area contributed by atoms with Gasteiger partial charge in [-0.25, -0.2) is 16.8 Å². The Balaban J connectivity index is 1.67. The van der Waals surface area contributed by atoms with Crippen LogP contribution in [0.1, 0.15) is 50.4 Å². The molecule has 15 heteroatoms. The molecule has 0 unspecified atom stereocenters. The Hall–Kier alpha value is -2.91. The Morgan fingerprint density at radius 1 is 0.959 bits per heavy atom. The molecule has 0 spiro atoms. The van der Waals surface area contributed by atoms with Gasteiger partial charge in [0, 0.05) is 48.4 Å². The number of benzene rings is 3. The number of halogens is 2. The molecule has 1 aliphatic heterocycles. The summed E-state index contributed by atoms with van der Waals surface area (Å²) in [6.07, 6.45) is 1.18. The standard InChI is InChI=1S/C34H43Cl2N3O8S2/c1-23-20-39(24(2)22-40)34(41)31-19-28(37-48(42,43)29-13-8-26(35)9-14-29)12-17-32(31)47-25(3)7-5-6-18-46-33(23)21-38(4)49(44,45)30-15-10-27(36)11-16-30/h8-17,19,23-25,33,37,40H,5-7,18,20-22H2,1-4H3/t23-,24-,25+,33+/m1/s1. The van der Waals surface area contributed by atoms with Crippen molar-refractivity contribution in [2.75, 3.05) is 38.1 Å². The Morgan fingerprint density at radius 3 is 2.18 bits per heavy atom. The summed E-state index contributed by atoms with van der Waals surface area (Å²) in [4.78, 5) is 15.9. The monoisotopic (exact) mass is 755 g/mol. The van der Waals surface area contributed by atoms with Crippen LogP contribution in [0, 0.1) is 5.92 Å². The van der Waals surface area contributed by atoms with Crippen molar-refractivity contribution in [1.82, 2.24) is 9.21 Å². The van der Waals surface area contributed by atoms with Crippen LogP contribution in [0.4, 0.5) is 5.69 Å². The van der Waals surface area contributed by atoms with Crippen LogP contribution in [0.25, 0.3) is 0 Å². The number of nitrogens with zero attached hydrogens (tertiary/aromatic N) is 2. The highest BCUT2D eigenvalue weighted by Crippen LogP contribution is 2.30. The van der Waals surface area contributed by atoms with Crippen LogP contribution < -0.4 is 9.46 Å². The number of amides is 1. The van der Waals surface area contributed by atoms with Crippen LogP contribution in [-0.2, 0) is 24.8 Å². The Morgan fingerprint density at radius 2 is 1.57 bits per heavy atom. The van der Waals surface area contributed by atoms with Crippen molar-refractivity contribution in [3.05, 3.63) is 82.3 Å². The molecule has 4 atom stereocenters. The predicted octanol–water partition coefficient (Wildman–Crippen LogP) is 5.91. The van der Waals surface area contributed by atoms with Crippen molar-refractivity contribution in [3.8, 4) is 5.75 Å². The van der Waals surface area contributed by atoms with Crippen molar-refractivity contribution >= 4 is 54.8 Å². The van der Waals surface area contributed by atoms with E-state index in [-0.39, 0.29) is 52.6 Å². The summed E-state index contributed by atoms with van der Waals surface area (Å²) in [7, 11) is -6.42. The maximum atomic E-state index is 14.4. The molecule has 4 rings (SSSR count). The van der Waals surface area contributed by atoms with Gasteiger partial charge < -0.3 is 19.5 Å². The second-order valence-corrected chi connectivity index (χ2v) is 16.9. The lowest BCUT2D eigenvalue weighted by molar-refractivity contribution is -0.00833. The van der Waals surface area contributed by atoms with Crippen molar-refractivity contribution in [3.63, 3.8) is 0 Å². The lowest BCUT2D eigenvalue weighted by atomic mass is 10.0. The van der Waals surface area contributed by atoms with Gasteiger partial charge in [-0.15, -0.1) is 0 Å². The minimum Gasteiger partial charge on any atom is -0.490 e. The molecule has 0 bridgehead atoms. The van der Waals surface area contributed by atoms with E-state index < -0.39 is 44.0 Å². The molecule has 0 aromatic heterocycles. The van der Waals surface area contributed by atoms with Gasteiger partial charge in [0.05, 0.1) is 40.2 Å². The number of anilines is 1. The van der Waals surface area contributed by atoms with Gasteiger partial charge in [-0.05, 0) is 99.8 Å². The van der Waals surface area contributed by atoms with Gasteiger partial charge in [0.15, 0.2) is 0 Å². The van der Waals surface area contributed by atoms with Crippen LogP contribution in [-0.4, -0.2) is 88.7 Å². The molecule has 0 fully saturated rings. The van der Waals surface area contributed by atoms with E-state index in [1.165, 1.54) is 76.9 Å². The summed E-state index contributed by atoms with van der Waals surface area (Å²) in [5, 5.41) is 11.0. The highest BCUT2D eigenvalue weighted by atomic mass is 35.5. The molecular formula is C34H43Cl2N3O8S2. The van der Waals surface area contributed by atoms with Gasteiger partial charge in [-0.1, -0.05) is 30.1 Å². The highest BCUT2D eigenvalue weighted by Gasteiger charge is 2.32. The average molecular weight is 757 g/mol. The molecule has 2 N–H and O–H groups in total. The van der Waals surface area contributed by atoms with E-state index in [1.807, 2.05) is 13.8 Å². The van der Waals surface area contributed by atoms with Crippen molar-refractivity contribution in [2.24, 2.45) is 5.92 Å². The van der Waals surface area contributed by atoms with E-state index in [0.717, 1.165) is 6.42 Å². The SMILES string of the molecule is C[C@@H]1CN([C@H](C)CO)C(=O)c2cc(NS(=O)(=O)c3ccc(Cl)cc3)ccc2O[C@@H](C)CCCCO[C@H]1CN(C)S(=O)(=O)c1ccc(Cl)cc1. The molecule has 268 valence electrons. The highest BCUT2D eigenvalue weighted by molar-refractivity contribution is 7.92. The normalized spacial score (nSPS) is 20.6. The first kappa shape index (κ1) is 38.9. The molecular weight excluding hydrogens is 713 g/mol. The van der Waals surface area contributed by atoms with Gasteiger partial charge in [0.1, 0.15) is 5.75 Å². The molecule has 1 heterocycles. The number of ether oxygens (including phenoxy) is 2. The molecule has 0 radical (unpaired) electrons. The second-order valence-electron chi connectivity index (χ2n) is 12.3. The van der Waals surface area contributed by atoms with Crippen LogP contribution in [0.15, 0.2) is 76.5 Å². The largest absolute Gasteiger partial charge is 0.490 e. The first-order valence-electron chi connectivity index (χ1n) is 16.0. The fraction of sp³-hybridized carbons (Fsp3) is 0.441. The predicted molar refractivity (Wildman–Crippen MR) is 190 cm³/mol. The minimum absolute atomic E-state index is 0.00776. The van der Waals surface area contributed by atoms with Crippen molar-refractivity contribution < 1.29 is 36.2 Å². The Kier molecular flexibility index (Phi) is 13.4. The first-order chi connectivity index (χ1) is 23.1. The maximum absolute atomic E-state index is 14.4. The van der Waals surface area contributed by atoms with Crippen molar-refractivity contribution in [2.45, 2.75) is 68.1 Å². The number of hydrogen-bond acceptors (Lipinski definition) is 8. The van der Waals surface area contributed by atoms with E-state index in [1.54, 1.807) is 13.0 Å². The minimum atomic E-state index is -4.02. The number of carbonyl (C=O) groups is 1. The number of sulfonamides is 2. The summed E-state index contributed by atoms with van der Waals surface area (Å²) in [6.45, 7) is 5.55. The molecule has 11 nitrogen and oxygen atoms in total. The van der Waals surface area contributed by atoms with Gasteiger partial charge in [-0.2, -0.15) is 4.31 Å². The fourth-order valence-corrected chi connectivity index (χ4v) is 7.90. The fourth-order valence-electron chi connectivity index (χ4n) is 5.41. The third-order valence-corrected chi connectivity index (χ3v) is 12.1. The lowest BCUT2D eigenvalue weighted by Gasteiger charge is -2.35. The molecule has 0 aliphatic carbocycles. The summed E-state index contributed by atoms with van der Waals surface area (Å²) >= 11 is 11.9. The maximum Gasteiger partial charge on any atom is 0.261 e.